The van der Waals surface area contributed by atoms with E-state index >= 15 is 0 Å². The molecule has 2 aromatic carbocycles. The van der Waals surface area contributed by atoms with Gasteiger partial charge in [0, 0.05) is 5.69 Å². The average Bonchev–Trinajstić information content (AvgIpc) is 3.16. The SMILES string of the molecule is Cc1ccc(NC(=O)COc2ccc(C3CC(=O)Nc4ncnn43)cc2Cl)cc1. The van der Waals surface area contributed by atoms with Crippen molar-refractivity contribution in [2.24, 2.45) is 0 Å². The summed E-state index contributed by atoms with van der Waals surface area (Å²) in [5, 5.41) is 9.95. The van der Waals surface area contributed by atoms with Crippen LogP contribution in [0.25, 0.3) is 0 Å². The summed E-state index contributed by atoms with van der Waals surface area (Å²) in [7, 11) is 0. The van der Waals surface area contributed by atoms with Gasteiger partial charge < -0.3 is 10.1 Å². The van der Waals surface area contributed by atoms with Crippen molar-refractivity contribution in [1.29, 1.82) is 0 Å². The number of halogens is 1. The first-order valence-corrected chi connectivity index (χ1v) is 9.35. The molecule has 1 aromatic heterocycles. The largest absolute Gasteiger partial charge is 0.482 e. The van der Waals surface area contributed by atoms with Crippen LogP contribution in [-0.2, 0) is 9.59 Å². The number of carbonyl (C=O) groups is 2. The third kappa shape index (κ3) is 4.22. The molecular formula is C20H18ClN5O3. The zero-order valence-electron chi connectivity index (χ0n) is 15.6. The van der Waals surface area contributed by atoms with E-state index in [4.69, 9.17) is 16.3 Å². The fourth-order valence-electron chi connectivity index (χ4n) is 3.08. The summed E-state index contributed by atoms with van der Waals surface area (Å²) in [4.78, 5) is 28.0. The Labute approximate surface area is 171 Å². The van der Waals surface area contributed by atoms with Crippen LogP contribution in [0.4, 0.5) is 11.6 Å². The number of hydrogen-bond donors (Lipinski definition) is 2. The number of aromatic nitrogens is 3. The van der Waals surface area contributed by atoms with E-state index in [1.807, 2.05) is 31.2 Å². The van der Waals surface area contributed by atoms with Crippen molar-refractivity contribution in [3.63, 3.8) is 0 Å². The molecule has 148 valence electrons. The molecule has 0 saturated heterocycles. The van der Waals surface area contributed by atoms with Crippen LogP contribution in [0.15, 0.2) is 48.8 Å². The molecular weight excluding hydrogens is 394 g/mol. The summed E-state index contributed by atoms with van der Waals surface area (Å²) >= 11 is 6.34. The average molecular weight is 412 g/mol. The first-order valence-electron chi connectivity index (χ1n) is 8.98. The Hall–Kier alpha value is -3.39. The number of nitrogens with zero attached hydrogens (tertiary/aromatic N) is 3. The van der Waals surface area contributed by atoms with Crippen molar-refractivity contribution in [3.05, 3.63) is 64.9 Å². The van der Waals surface area contributed by atoms with Gasteiger partial charge in [0.05, 0.1) is 17.5 Å². The highest BCUT2D eigenvalue weighted by Gasteiger charge is 2.28. The molecule has 0 radical (unpaired) electrons. The van der Waals surface area contributed by atoms with E-state index in [1.54, 1.807) is 22.9 Å². The summed E-state index contributed by atoms with van der Waals surface area (Å²) < 4.78 is 7.20. The highest BCUT2D eigenvalue weighted by molar-refractivity contribution is 6.32. The van der Waals surface area contributed by atoms with Crippen LogP contribution in [0, 0.1) is 6.92 Å². The Bertz CT molecular complexity index is 1060. The van der Waals surface area contributed by atoms with Crippen molar-refractivity contribution in [3.8, 4) is 5.75 Å². The number of hydrogen-bond acceptors (Lipinski definition) is 5. The smallest absolute Gasteiger partial charge is 0.262 e. The molecule has 1 atom stereocenters. The minimum absolute atomic E-state index is 0.139. The quantitative estimate of drug-likeness (QED) is 0.671. The van der Waals surface area contributed by atoms with Crippen LogP contribution in [0.1, 0.15) is 23.6 Å². The van der Waals surface area contributed by atoms with Crippen LogP contribution in [-0.4, -0.2) is 33.2 Å². The van der Waals surface area contributed by atoms with Gasteiger partial charge in [-0.3, -0.25) is 14.9 Å². The maximum absolute atomic E-state index is 12.1. The Morgan fingerprint density at radius 3 is 2.86 bits per heavy atom. The minimum atomic E-state index is -0.308. The van der Waals surface area contributed by atoms with E-state index in [0.717, 1.165) is 11.1 Å². The maximum atomic E-state index is 12.1. The Morgan fingerprint density at radius 1 is 1.31 bits per heavy atom. The van der Waals surface area contributed by atoms with E-state index in [2.05, 4.69) is 20.7 Å². The second kappa shape index (κ2) is 7.92. The van der Waals surface area contributed by atoms with Gasteiger partial charge in [0.1, 0.15) is 12.1 Å². The molecule has 29 heavy (non-hydrogen) atoms. The molecule has 0 aliphatic carbocycles. The summed E-state index contributed by atoms with van der Waals surface area (Å²) in [5.74, 6) is 0.356. The first kappa shape index (κ1) is 18.9. The summed E-state index contributed by atoms with van der Waals surface area (Å²) in [6.07, 6.45) is 1.62. The van der Waals surface area contributed by atoms with Gasteiger partial charge in [-0.05, 0) is 36.8 Å². The highest BCUT2D eigenvalue weighted by Crippen LogP contribution is 2.33. The molecule has 3 aromatic rings. The van der Waals surface area contributed by atoms with Crippen molar-refractivity contribution >= 4 is 35.1 Å². The third-order valence-electron chi connectivity index (χ3n) is 4.53. The number of amides is 2. The molecule has 2 amide bonds. The molecule has 0 fully saturated rings. The number of benzene rings is 2. The van der Waals surface area contributed by atoms with Crippen molar-refractivity contribution < 1.29 is 14.3 Å². The number of nitrogens with one attached hydrogen (secondary N) is 2. The molecule has 8 nitrogen and oxygen atoms in total. The number of carbonyl (C=O) groups excluding carboxylic acids is 2. The van der Waals surface area contributed by atoms with E-state index in [0.29, 0.717) is 22.4 Å². The van der Waals surface area contributed by atoms with Crippen molar-refractivity contribution in [1.82, 2.24) is 14.8 Å². The molecule has 1 aliphatic heterocycles. The fourth-order valence-corrected chi connectivity index (χ4v) is 3.33. The lowest BCUT2D eigenvalue weighted by Gasteiger charge is -2.24. The van der Waals surface area contributed by atoms with Gasteiger partial charge in [0.2, 0.25) is 11.9 Å². The van der Waals surface area contributed by atoms with Crippen LogP contribution >= 0.6 is 11.6 Å². The molecule has 2 heterocycles. The van der Waals surface area contributed by atoms with E-state index in [9.17, 15) is 9.59 Å². The monoisotopic (exact) mass is 411 g/mol. The minimum Gasteiger partial charge on any atom is -0.482 e. The number of fused-ring (bicyclic) bond motifs is 1. The normalized spacial score (nSPS) is 15.4. The van der Waals surface area contributed by atoms with Crippen LogP contribution in [0.5, 0.6) is 5.75 Å². The number of ether oxygens (including phenoxy) is 1. The number of aryl methyl sites for hydroxylation is 1. The Balaban J connectivity index is 1.42. The molecule has 9 heteroatoms. The van der Waals surface area contributed by atoms with Gasteiger partial charge in [-0.25, -0.2) is 4.68 Å². The first-order chi connectivity index (χ1) is 14.0. The van der Waals surface area contributed by atoms with Crippen LogP contribution in [0.3, 0.4) is 0 Å². The second-order valence-corrected chi connectivity index (χ2v) is 7.10. The standard InChI is InChI=1S/C20H18ClN5O3/c1-12-2-5-14(6-3-12)24-19(28)10-29-17-7-4-13(8-15(17)21)16-9-18(27)25-20-22-11-23-26(16)20/h2-8,11,16H,9-10H2,1H3,(H,24,28)(H,22,23,25,27). The van der Waals surface area contributed by atoms with Crippen molar-refractivity contribution in [2.75, 3.05) is 17.2 Å². The summed E-state index contributed by atoms with van der Waals surface area (Å²) in [6.45, 7) is 1.80. The molecule has 0 bridgehead atoms. The fraction of sp³-hybridized carbons (Fsp3) is 0.200. The van der Waals surface area contributed by atoms with Gasteiger partial charge >= 0.3 is 0 Å². The van der Waals surface area contributed by atoms with Gasteiger partial charge in [0.15, 0.2) is 6.61 Å². The van der Waals surface area contributed by atoms with Crippen LogP contribution in [0.2, 0.25) is 5.02 Å². The molecule has 2 N–H and O–H groups in total. The Kier molecular flexibility index (Phi) is 5.18. The second-order valence-electron chi connectivity index (χ2n) is 6.69. The van der Waals surface area contributed by atoms with Gasteiger partial charge in [-0.15, -0.1) is 0 Å². The maximum Gasteiger partial charge on any atom is 0.262 e. The van der Waals surface area contributed by atoms with E-state index in [-0.39, 0.29) is 30.9 Å². The predicted octanol–water partition coefficient (Wildman–Crippen LogP) is 3.19. The summed E-state index contributed by atoms with van der Waals surface area (Å²) in [5.41, 5.74) is 2.61. The zero-order chi connectivity index (χ0) is 20.4. The predicted molar refractivity (Wildman–Crippen MR) is 108 cm³/mol. The lowest BCUT2D eigenvalue weighted by atomic mass is 10.0. The lowest BCUT2D eigenvalue weighted by molar-refractivity contribution is -0.118. The number of anilines is 2. The highest BCUT2D eigenvalue weighted by atomic mass is 35.5. The van der Waals surface area contributed by atoms with Crippen LogP contribution < -0.4 is 15.4 Å². The van der Waals surface area contributed by atoms with Gasteiger partial charge in [-0.1, -0.05) is 35.4 Å². The molecule has 1 unspecified atom stereocenters. The van der Waals surface area contributed by atoms with E-state index in [1.165, 1.54) is 6.33 Å². The molecule has 0 saturated carbocycles. The molecule has 4 rings (SSSR count). The third-order valence-corrected chi connectivity index (χ3v) is 4.83. The Morgan fingerprint density at radius 2 is 2.10 bits per heavy atom. The summed E-state index contributed by atoms with van der Waals surface area (Å²) in [6, 6.07) is 12.4. The van der Waals surface area contributed by atoms with Gasteiger partial charge in [-0.2, -0.15) is 10.1 Å². The van der Waals surface area contributed by atoms with Gasteiger partial charge in [0.25, 0.3) is 5.91 Å². The topological polar surface area (TPSA) is 98.1 Å². The molecule has 1 aliphatic rings. The zero-order valence-corrected chi connectivity index (χ0v) is 16.3. The van der Waals surface area contributed by atoms with E-state index < -0.39 is 0 Å². The van der Waals surface area contributed by atoms with Crippen molar-refractivity contribution in [2.45, 2.75) is 19.4 Å². The number of rotatable bonds is 5. The molecule has 0 spiro atoms. The lowest BCUT2D eigenvalue weighted by Crippen LogP contribution is -2.29.